The summed E-state index contributed by atoms with van der Waals surface area (Å²) in [4.78, 5) is 60.1. The average molecular weight is 796 g/mol. The Morgan fingerprint density at radius 2 is 1.40 bits per heavy atom. The number of rotatable bonds is 17. The molecule has 4 N–H and O–H groups in total. The molecule has 2 heterocycles. The first-order valence-electron chi connectivity index (χ1n) is 19.9. The van der Waals surface area contributed by atoms with Gasteiger partial charge in [-0.25, -0.2) is 0 Å². The molecule has 12 nitrogen and oxygen atoms in total. The number of fused-ring (bicyclic) bond motifs is 1. The van der Waals surface area contributed by atoms with Crippen molar-refractivity contribution in [3.63, 3.8) is 0 Å². The molecule has 1 saturated heterocycles. The Hall–Kier alpha value is -4.92. The Bertz CT molecular complexity index is 1990. The number of aliphatic hydroxyl groups is 2. The first-order chi connectivity index (χ1) is 27.7. The minimum atomic E-state index is -0.371. The number of aliphatic hydroxyl groups excluding tert-OH is 2. The average Bonchev–Trinajstić information content (AvgIpc) is 3.61. The number of thiophene rings is 1. The van der Waals surface area contributed by atoms with Crippen LogP contribution >= 0.6 is 11.3 Å². The highest BCUT2D eigenvalue weighted by molar-refractivity contribution is 7.17. The van der Waals surface area contributed by atoms with E-state index < -0.39 is 0 Å². The van der Waals surface area contributed by atoms with Crippen LogP contribution in [0.3, 0.4) is 0 Å². The molecule has 57 heavy (non-hydrogen) atoms. The van der Waals surface area contributed by atoms with Crippen LogP contribution in [0.4, 0.5) is 10.7 Å². The van der Waals surface area contributed by atoms with Crippen molar-refractivity contribution in [1.29, 1.82) is 0 Å². The lowest BCUT2D eigenvalue weighted by atomic mass is 9.95. The second kappa shape index (κ2) is 20.5. The van der Waals surface area contributed by atoms with Crippen LogP contribution < -0.4 is 10.6 Å². The van der Waals surface area contributed by atoms with Crippen LogP contribution in [0.2, 0.25) is 0 Å². The van der Waals surface area contributed by atoms with Crippen molar-refractivity contribution >= 4 is 45.7 Å². The Morgan fingerprint density at radius 1 is 0.754 bits per heavy atom. The number of anilines is 2. The molecule has 4 aromatic rings. The minimum Gasteiger partial charge on any atom is -0.395 e. The van der Waals surface area contributed by atoms with E-state index >= 15 is 0 Å². The number of hydrogen-bond acceptors (Lipinski definition) is 9. The summed E-state index contributed by atoms with van der Waals surface area (Å²) in [6.07, 6.45) is 6.21. The summed E-state index contributed by atoms with van der Waals surface area (Å²) < 4.78 is 5.42. The van der Waals surface area contributed by atoms with E-state index in [4.69, 9.17) is 4.74 Å². The Kier molecular flexibility index (Phi) is 15.0. The van der Waals surface area contributed by atoms with Gasteiger partial charge in [0, 0.05) is 73.6 Å². The number of carbonyl (C=O) groups excluding carboxylic acids is 4. The van der Waals surface area contributed by atoms with Crippen molar-refractivity contribution in [3.8, 4) is 0 Å². The smallest absolute Gasteiger partial charge is 0.258 e. The fourth-order valence-electron chi connectivity index (χ4n) is 7.30. The maximum atomic E-state index is 13.9. The summed E-state index contributed by atoms with van der Waals surface area (Å²) in [5.74, 6) is -1.00. The number of ether oxygens (including phenoxy) is 1. The van der Waals surface area contributed by atoms with Gasteiger partial charge in [-0.3, -0.25) is 24.1 Å². The lowest BCUT2D eigenvalue weighted by Gasteiger charge is -2.28. The van der Waals surface area contributed by atoms with E-state index in [0.29, 0.717) is 52.7 Å². The monoisotopic (exact) mass is 795 g/mol. The maximum absolute atomic E-state index is 13.9. The highest BCUT2D eigenvalue weighted by Gasteiger charge is 2.27. The summed E-state index contributed by atoms with van der Waals surface area (Å²) in [5.41, 5.74) is 5.71. The van der Waals surface area contributed by atoms with Crippen molar-refractivity contribution in [1.82, 2.24) is 14.7 Å². The number of amides is 4. The highest BCUT2D eigenvalue weighted by Crippen LogP contribution is 2.39. The fourth-order valence-corrected chi connectivity index (χ4v) is 8.58. The molecular weight excluding hydrogens is 743 g/mol. The van der Waals surface area contributed by atoms with Gasteiger partial charge in [0.2, 0.25) is 0 Å². The van der Waals surface area contributed by atoms with Gasteiger partial charge in [-0.2, -0.15) is 0 Å². The number of hydrogen-bond donors (Lipinski definition) is 4. The van der Waals surface area contributed by atoms with Gasteiger partial charge in [-0.05, 0) is 104 Å². The molecule has 0 spiro atoms. The van der Waals surface area contributed by atoms with E-state index in [1.807, 2.05) is 36.4 Å². The molecule has 1 fully saturated rings. The second-order valence-electron chi connectivity index (χ2n) is 14.6. The first kappa shape index (κ1) is 41.7. The van der Waals surface area contributed by atoms with Crippen LogP contribution in [0.1, 0.15) is 82.3 Å². The van der Waals surface area contributed by atoms with Crippen LogP contribution in [0.15, 0.2) is 72.8 Å². The summed E-state index contributed by atoms with van der Waals surface area (Å²) in [7, 11) is 1.77. The Labute approximate surface area is 338 Å². The fraction of sp³-hybridized carbons (Fsp3) is 0.409. The number of nitrogens with zero attached hydrogens (tertiary/aromatic N) is 3. The zero-order valence-electron chi connectivity index (χ0n) is 32.6. The number of benzene rings is 3. The highest BCUT2D eigenvalue weighted by atomic mass is 32.1. The summed E-state index contributed by atoms with van der Waals surface area (Å²) in [6.45, 7) is 4.46. The molecular formula is C44H53N5O7S. The maximum Gasteiger partial charge on any atom is 0.258 e. The second-order valence-corrected chi connectivity index (χ2v) is 15.7. The van der Waals surface area contributed by atoms with E-state index in [-0.39, 0.29) is 49.9 Å². The zero-order valence-corrected chi connectivity index (χ0v) is 33.5. The molecule has 13 heteroatoms. The predicted molar refractivity (Wildman–Crippen MR) is 223 cm³/mol. The molecule has 2 aliphatic rings. The van der Waals surface area contributed by atoms with Crippen LogP contribution in [0, 0.1) is 0 Å². The van der Waals surface area contributed by atoms with E-state index in [9.17, 15) is 29.4 Å². The molecule has 4 amide bonds. The predicted octanol–water partition coefficient (Wildman–Crippen LogP) is 5.14. The SMILES string of the molecule is CN(CCN1CCOCC1)C(=O)c1cccc(C(=O)Nc2sc3c(c2C(=O)Nc2ccc(CCCc4ccc(C(=O)N(CCO)CCO)cc4)cc2)CCCC3)c1. The van der Waals surface area contributed by atoms with E-state index in [1.165, 1.54) is 16.2 Å². The Morgan fingerprint density at radius 3 is 2.09 bits per heavy atom. The Balaban J connectivity index is 1.04. The van der Waals surface area contributed by atoms with Crippen LogP contribution in [-0.4, -0.2) is 121 Å². The lowest BCUT2D eigenvalue weighted by Crippen LogP contribution is -2.41. The number of carbonyl (C=O) groups is 4. The van der Waals surface area contributed by atoms with Crippen molar-refractivity contribution in [2.75, 3.05) is 83.4 Å². The van der Waals surface area contributed by atoms with Gasteiger partial charge in [0.1, 0.15) is 5.00 Å². The largest absolute Gasteiger partial charge is 0.395 e. The molecule has 0 saturated carbocycles. The van der Waals surface area contributed by atoms with Crippen molar-refractivity contribution in [2.24, 2.45) is 0 Å². The van der Waals surface area contributed by atoms with E-state index in [1.54, 1.807) is 48.3 Å². The number of aryl methyl sites for hydroxylation is 3. The third-order valence-electron chi connectivity index (χ3n) is 10.6. The number of nitrogens with one attached hydrogen (secondary N) is 2. The minimum absolute atomic E-state index is 0.154. The van der Waals surface area contributed by atoms with Crippen LogP contribution in [-0.2, 0) is 30.4 Å². The van der Waals surface area contributed by atoms with Crippen molar-refractivity contribution in [3.05, 3.63) is 117 Å². The molecule has 1 aromatic heterocycles. The molecule has 6 rings (SSSR count). The van der Waals surface area contributed by atoms with Crippen LogP contribution in [0.5, 0.6) is 0 Å². The van der Waals surface area contributed by atoms with E-state index in [0.717, 1.165) is 86.1 Å². The summed E-state index contributed by atoms with van der Waals surface area (Å²) >= 11 is 1.46. The molecule has 0 bridgehead atoms. The third-order valence-corrected chi connectivity index (χ3v) is 11.8. The van der Waals surface area contributed by atoms with Gasteiger partial charge in [-0.1, -0.05) is 30.3 Å². The first-order valence-corrected chi connectivity index (χ1v) is 20.7. The molecule has 3 aromatic carbocycles. The molecule has 1 aliphatic heterocycles. The van der Waals surface area contributed by atoms with Gasteiger partial charge in [0.25, 0.3) is 23.6 Å². The zero-order chi connectivity index (χ0) is 40.1. The third kappa shape index (κ3) is 11.1. The standard InChI is InChI=1S/C44H53N5O7S/c1-47(20-21-48-24-28-56-29-25-48)43(54)35-9-5-8-34(30-35)40(52)46-42-39(37-10-2-3-11-38(37)57-42)41(53)45-36-18-14-32(15-19-36)7-4-6-31-12-16-33(17-13-31)44(55)49(22-26-50)23-27-51/h5,8-9,12-19,30,50-51H,2-4,6-7,10-11,20-29H2,1H3,(H,45,53)(H,46,52). The van der Waals surface area contributed by atoms with Gasteiger partial charge >= 0.3 is 0 Å². The lowest BCUT2D eigenvalue weighted by molar-refractivity contribution is 0.0338. The van der Waals surface area contributed by atoms with E-state index in [2.05, 4.69) is 15.5 Å². The quantitative estimate of drug-likeness (QED) is 0.115. The van der Waals surface area contributed by atoms with Crippen molar-refractivity contribution in [2.45, 2.75) is 44.9 Å². The van der Waals surface area contributed by atoms with Crippen LogP contribution in [0.25, 0.3) is 0 Å². The topological polar surface area (TPSA) is 152 Å². The normalized spacial score (nSPS) is 14.1. The van der Waals surface area contributed by atoms with Crippen molar-refractivity contribution < 1.29 is 34.1 Å². The molecule has 0 atom stereocenters. The van der Waals surface area contributed by atoms with Gasteiger partial charge in [0.05, 0.1) is 32.0 Å². The van der Waals surface area contributed by atoms with Gasteiger partial charge in [-0.15, -0.1) is 11.3 Å². The number of likely N-dealkylation sites (N-methyl/N-ethyl adjacent to an activating group) is 1. The summed E-state index contributed by atoms with van der Waals surface area (Å²) in [5, 5.41) is 25.1. The molecule has 0 radical (unpaired) electrons. The number of morpholine rings is 1. The molecule has 1 aliphatic carbocycles. The van der Waals surface area contributed by atoms with Gasteiger partial charge < -0.3 is 35.4 Å². The molecule has 302 valence electrons. The summed E-state index contributed by atoms with van der Waals surface area (Å²) in [6, 6.07) is 22.0. The molecule has 0 unspecified atom stereocenters. The van der Waals surface area contributed by atoms with Gasteiger partial charge in [0.15, 0.2) is 0 Å².